The van der Waals surface area contributed by atoms with Crippen molar-refractivity contribution in [2.24, 2.45) is 0 Å². The highest BCUT2D eigenvalue weighted by Gasteiger charge is 2.14. The van der Waals surface area contributed by atoms with E-state index in [-0.39, 0.29) is 0 Å². The summed E-state index contributed by atoms with van der Waals surface area (Å²) in [6.07, 6.45) is 1.73. The molecule has 2 heterocycles. The number of thiazole rings is 1. The second-order valence-electron chi connectivity index (χ2n) is 3.34. The molecule has 18 heavy (non-hydrogen) atoms. The van der Waals surface area contributed by atoms with Gasteiger partial charge in [-0.15, -0.1) is 5.10 Å². The number of nitrogens with zero attached hydrogens (tertiary/aromatic N) is 5. The van der Waals surface area contributed by atoms with Crippen molar-refractivity contribution in [3.05, 3.63) is 23.2 Å². The lowest BCUT2D eigenvalue weighted by Gasteiger charge is -2.05. The predicted molar refractivity (Wildman–Crippen MR) is 61.3 cm³/mol. The molecule has 0 aliphatic rings. The van der Waals surface area contributed by atoms with Crippen LogP contribution in [0.15, 0.2) is 12.5 Å². The lowest BCUT2D eigenvalue weighted by Crippen LogP contribution is -2.25. The molecule has 0 fully saturated rings. The van der Waals surface area contributed by atoms with Crippen LogP contribution in [0.4, 0.5) is 4.79 Å². The Hall–Kier alpha value is -2.47. The first kappa shape index (κ1) is 12.0. The Morgan fingerprint density at radius 2 is 2.44 bits per heavy atom. The van der Waals surface area contributed by atoms with E-state index in [0.717, 1.165) is 0 Å². The highest BCUT2D eigenvalue weighted by Crippen LogP contribution is 2.16. The number of aromatic nitrogens is 4. The van der Waals surface area contributed by atoms with Crippen molar-refractivity contribution >= 4 is 17.4 Å². The third-order valence-corrected chi connectivity index (χ3v) is 2.93. The number of carboxylic acid groups (broad SMARTS) is 1. The van der Waals surface area contributed by atoms with Gasteiger partial charge in [-0.25, -0.2) is 14.8 Å². The number of hydrogen-bond donors (Lipinski definition) is 2. The lowest BCUT2D eigenvalue weighted by atomic mass is 10.3. The summed E-state index contributed by atoms with van der Waals surface area (Å²) in [5.41, 5.74) is 0. The van der Waals surface area contributed by atoms with Gasteiger partial charge in [-0.3, -0.25) is 0 Å². The second-order valence-corrected chi connectivity index (χ2v) is 4.35. The molecule has 0 saturated carbocycles. The minimum Gasteiger partial charge on any atom is -0.465 e. The van der Waals surface area contributed by atoms with Gasteiger partial charge in [-0.05, 0) is 6.92 Å². The zero-order valence-electron chi connectivity index (χ0n) is 9.23. The standard InChI is InChI=1S/C9H8N6O2S/c1-5(13-9(16)17)7-12-4-15(14-7)8-11-3-6(2-10)18-8/h3-5,13H,1H3,(H,16,17). The highest BCUT2D eigenvalue weighted by atomic mass is 32.1. The molecule has 8 nitrogen and oxygen atoms in total. The van der Waals surface area contributed by atoms with Crippen LogP contribution in [0.3, 0.4) is 0 Å². The molecule has 2 rings (SSSR count). The van der Waals surface area contributed by atoms with E-state index in [1.165, 1.54) is 28.5 Å². The number of nitriles is 1. The fraction of sp³-hybridized carbons (Fsp3) is 0.222. The van der Waals surface area contributed by atoms with Crippen LogP contribution in [-0.4, -0.2) is 30.9 Å². The maximum absolute atomic E-state index is 10.5. The van der Waals surface area contributed by atoms with Crippen LogP contribution < -0.4 is 5.32 Å². The molecule has 9 heteroatoms. The average molecular weight is 264 g/mol. The van der Waals surface area contributed by atoms with Gasteiger partial charge in [-0.1, -0.05) is 11.3 Å². The number of nitrogens with one attached hydrogen (secondary N) is 1. The summed E-state index contributed by atoms with van der Waals surface area (Å²) in [5.74, 6) is 0.339. The van der Waals surface area contributed by atoms with Crippen molar-refractivity contribution in [3.63, 3.8) is 0 Å². The Labute approximate surface area is 106 Å². The third kappa shape index (κ3) is 2.44. The lowest BCUT2D eigenvalue weighted by molar-refractivity contribution is 0.190. The Kier molecular flexibility index (Phi) is 3.20. The number of hydrogen-bond acceptors (Lipinski definition) is 6. The summed E-state index contributed by atoms with van der Waals surface area (Å²) in [6.45, 7) is 1.64. The van der Waals surface area contributed by atoms with Gasteiger partial charge in [-0.2, -0.15) is 9.94 Å². The smallest absolute Gasteiger partial charge is 0.405 e. The summed E-state index contributed by atoms with van der Waals surface area (Å²) < 4.78 is 1.40. The molecule has 2 aromatic heterocycles. The van der Waals surface area contributed by atoms with Crippen LogP contribution in [-0.2, 0) is 0 Å². The fourth-order valence-corrected chi connectivity index (χ4v) is 1.87. The van der Waals surface area contributed by atoms with Gasteiger partial charge in [0.25, 0.3) is 0 Å². The summed E-state index contributed by atoms with van der Waals surface area (Å²) in [4.78, 5) is 19.0. The molecule has 92 valence electrons. The molecule has 0 bridgehead atoms. The second kappa shape index (κ2) is 4.80. The third-order valence-electron chi connectivity index (χ3n) is 2.04. The molecule has 0 aromatic carbocycles. The quantitative estimate of drug-likeness (QED) is 0.851. The maximum Gasteiger partial charge on any atom is 0.405 e. The number of amides is 1. The van der Waals surface area contributed by atoms with E-state index >= 15 is 0 Å². The minimum atomic E-state index is -1.14. The zero-order chi connectivity index (χ0) is 13.1. The molecule has 2 N–H and O–H groups in total. The molecule has 1 amide bonds. The molecule has 0 aliphatic carbocycles. The van der Waals surface area contributed by atoms with E-state index < -0.39 is 12.1 Å². The summed E-state index contributed by atoms with van der Waals surface area (Å²) >= 11 is 1.18. The normalized spacial score (nSPS) is 11.8. The van der Waals surface area contributed by atoms with Gasteiger partial charge in [0.2, 0.25) is 5.13 Å². The first-order valence-corrected chi connectivity index (χ1v) is 5.69. The molecule has 0 radical (unpaired) electrons. The van der Waals surface area contributed by atoms with Crippen LogP contribution >= 0.6 is 11.3 Å². The molecular weight excluding hydrogens is 256 g/mol. The van der Waals surface area contributed by atoms with E-state index in [0.29, 0.717) is 15.8 Å². The van der Waals surface area contributed by atoms with Crippen molar-refractivity contribution in [2.45, 2.75) is 13.0 Å². The predicted octanol–water partition coefficient (Wildman–Crippen LogP) is 0.924. The van der Waals surface area contributed by atoms with E-state index in [2.05, 4.69) is 20.4 Å². The van der Waals surface area contributed by atoms with Crippen molar-refractivity contribution in [1.82, 2.24) is 25.1 Å². The highest BCUT2D eigenvalue weighted by molar-refractivity contribution is 7.14. The fourth-order valence-electron chi connectivity index (χ4n) is 1.24. The average Bonchev–Trinajstić information content (AvgIpc) is 2.96. The molecule has 2 aromatic rings. The Bertz CT molecular complexity index is 613. The molecule has 0 aliphatic heterocycles. The largest absolute Gasteiger partial charge is 0.465 e. The Balaban J connectivity index is 2.20. The van der Waals surface area contributed by atoms with Crippen molar-refractivity contribution in [2.75, 3.05) is 0 Å². The van der Waals surface area contributed by atoms with Crippen LogP contribution in [0.2, 0.25) is 0 Å². The first-order chi connectivity index (χ1) is 8.60. The van der Waals surface area contributed by atoms with Crippen LogP contribution in [0.1, 0.15) is 23.7 Å². The summed E-state index contributed by atoms with van der Waals surface area (Å²) in [5, 5.41) is 24.1. The van der Waals surface area contributed by atoms with Crippen molar-refractivity contribution in [1.29, 1.82) is 5.26 Å². The van der Waals surface area contributed by atoms with Crippen LogP contribution in [0, 0.1) is 11.3 Å². The van der Waals surface area contributed by atoms with Gasteiger partial charge in [0.1, 0.15) is 17.3 Å². The van der Waals surface area contributed by atoms with E-state index in [1.807, 2.05) is 6.07 Å². The monoisotopic (exact) mass is 264 g/mol. The molecule has 0 spiro atoms. The number of rotatable bonds is 3. The van der Waals surface area contributed by atoms with Crippen molar-refractivity contribution < 1.29 is 9.90 Å². The van der Waals surface area contributed by atoms with Crippen molar-refractivity contribution in [3.8, 4) is 11.2 Å². The minimum absolute atomic E-state index is 0.339. The molecular formula is C9H8N6O2S. The molecule has 0 saturated heterocycles. The van der Waals surface area contributed by atoms with Gasteiger partial charge < -0.3 is 10.4 Å². The van der Waals surface area contributed by atoms with Gasteiger partial charge in [0, 0.05) is 0 Å². The van der Waals surface area contributed by atoms with E-state index in [1.54, 1.807) is 6.92 Å². The zero-order valence-corrected chi connectivity index (χ0v) is 10.0. The van der Waals surface area contributed by atoms with Crippen LogP contribution in [0.5, 0.6) is 0 Å². The van der Waals surface area contributed by atoms with Gasteiger partial charge in [0.05, 0.1) is 12.2 Å². The van der Waals surface area contributed by atoms with E-state index in [4.69, 9.17) is 10.4 Å². The Morgan fingerprint density at radius 3 is 3.06 bits per heavy atom. The topological polar surface area (TPSA) is 117 Å². The SMILES string of the molecule is CC(NC(=O)O)c1ncn(-c2ncc(C#N)s2)n1. The first-order valence-electron chi connectivity index (χ1n) is 4.87. The maximum atomic E-state index is 10.5. The number of carbonyl (C=O) groups is 1. The summed E-state index contributed by atoms with van der Waals surface area (Å²) in [7, 11) is 0. The van der Waals surface area contributed by atoms with E-state index in [9.17, 15) is 4.79 Å². The Morgan fingerprint density at radius 1 is 1.67 bits per heavy atom. The molecule has 1 atom stereocenters. The van der Waals surface area contributed by atoms with Gasteiger partial charge >= 0.3 is 6.09 Å². The van der Waals surface area contributed by atoms with Crippen LogP contribution in [0.25, 0.3) is 5.13 Å². The summed E-state index contributed by atoms with van der Waals surface area (Å²) in [6, 6.07) is 1.46. The van der Waals surface area contributed by atoms with Gasteiger partial charge in [0.15, 0.2) is 5.82 Å². The molecule has 1 unspecified atom stereocenters.